The molecular weight excluding hydrogens is 120 g/mol. The van der Waals surface area contributed by atoms with Crippen molar-refractivity contribution < 1.29 is 15.4 Å². The third-order valence-electron chi connectivity index (χ3n) is 0.302. The van der Waals surface area contributed by atoms with Crippen molar-refractivity contribution in [2.75, 3.05) is 0 Å². The second-order valence-electron chi connectivity index (χ2n) is 1.16. The van der Waals surface area contributed by atoms with Gasteiger partial charge in [0.25, 0.3) is 0 Å². The maximum absolute atomic E-state index is 9.37. The standard InChI is InChI=1S/C3H6O2.C3H6.H2O/c1-2-3(4)5;1-3-2;/h2H2,1H3,(H,4,5);3H,1H2,2H3;1H2. The molecule has 0 atom stereocenters. The van der Waals surface area contributed by atoms with E-state index in [-0.39, 0.29) is 11.9 Å². The first kappa shape index (κ1) is 15.7. The van der Waals surface area contributed by atoms with E-state index in [1.807, 2.05) is 6.92 Å². The van der Waals surface area contributed by atoms with Crippen molar-refractivity contribution in [1.29, 1.82) is 0 Å². The Morgan fingerprint density at radius 1 is 1.78 bits per heavy atom. The molecule has 0 fully saturated rings. The molecule has 0 spiro atoms. The molecular formula is C6H14O3. The van der Waals surface area contributed by atoms with E-state index < -0.39 is 5.97 Å². The molecule has 0 aliphatic heterocycles. The molecule has 56 valence electrons. The molecule has 0 heterocycles. The zero-order valence-electron chi connectivity index (χ0n) is 5.85. The van der Waals surface area contributed by atoms with E-state index in [4.69, 9.17) is 5.11 Å². The van der Waals surface area contributed by atoms with Gasteiger partial charge in [0, 0.05) is 6.42 Å². The maximum Gasteiger partial charge on any atom is 0.303 e. The van der Waals surface area contributed by atoms with Crippen LogP contribution in [0.5, 0.6) is 0 Å². The highest BCUT2D eigenvalue weighted by molar-refractivity contribution is 5.66. The van der Waals surface area contributed by atoms with Gasteiger partial charge >= 0.3 is 5.97 Å². The Bertz CT molecular complexity index is 68.7. The molecule has 0 aromatic heterocycles. The molecule has 3 heteroatoms. The van der Waals surface area contributed by atoms with Crippen LogP contribution in [0.15, 0.2) is 12.7 Å². The van der Waals surface area contributed by atoms with Crippen LogP contribution >= 0.6 is 0 Å². The molecule has 0 amide bonds. The lowest BCUT2D eigenvalue weighted by Crippen LogP contribution is -1.86. The Balaban J connectivity index is -0.0000000800. The van der Waals surface area contributed by atoms with Gasteiger partial charge in [-0.05, 0) is 6.92 Å². The van der Waals surface area contributed by atoms with E-state index in [0.29, 0.717) is 0 Å². The fourth-order valence-electron chi connectivity index (χ4n) is 0. The van der Waals surface area contributed by atoms with Gasteiger partial charge in [-0.3, -0.25) is 4.79 Å². The molecule has 0 aromatic rings. The van der Waals surface area contributed by atoms with Gasteiger partial charge in [-0.2, -0.15) is 0 Å². The summed E-state index contributed by atoms with van der Waals surface area (Å²) in [6.45, 7) is 6.85. The third kappa shape index (κ3) is 140. The van der Waals surface area contributed by atoms with Gasteiger partial charge in [0.15, 0.2) is 0 Å². The molecule has 0 radical (unpaired) electrons. The van der Waals surface area contributed by atoms with Gasteiger partial charge in [-0.1, -0.05) is 13.0 Å². The van der Waals surface area contributed by atoms with Crippen LogP contribution in [-0.4, -0.2) is 16.6 Å². The Labute approximate surface area is 55.3 Å². The zero-order valence-corrected chi connectivity index (χ0v) is 5.85. The van der Waals surface area contributed by atoms with Crippen LogP contribution in [0.25, 0.3) is 0 Å². The van der Waals surface area contributed by atoms with Crippen molar-refractivity contribution in [2.24, 2.45) is 0 Å². The molecule has 0 aliphatic carbocycles. The molecule has 3 nitrogen and oxygen atoms in total. The van der Waals surface area contributed by atoms with Gasteiger partial charge in [0.2, 0.25) is 0 Å². The number of allylic oxidation sites excluding steroid dienone is 1. The summed E-state index contributed by atoms with van der Waals surface area (Å²) in [5.41, 5.74) is 0. The fourth-order valence-corrected chi connectivity index (χ4v) is 0. The molecule has 0 rings (SSSR count). The lowest BCUT2D eigenvalue weighted by Gasteiger charge is -1.71. The number of hydrogen-bond acceptors (Lipinski definition) is 1. The first-order valence-corrected chi connectivity index (χ1v) is 2.47. The summed E-state index contributed by atoms with van der Waals surface area (Å²) in [5, 5.41) is 7.72. The summed E-state index contributed by atoms with van der Waals surface area (Å²) >= 11 is 0. The fraction of sp³-hybridized carbons (Fsp3) is 0.500. The lowest BCUT2D eigenvalue weighted by molar-refractivity contribution is -0.136. The van der Waals surface area contributed by atoms with E-state index in [2.05, 4.69) is 6.58 Å². The van der Waals surface area contributed by atoms with Crippen LogP contribution < -0.4 is 0 Å². The summed E-state index contributed by atoms with van der Waals surface area (Å²) in [6, 6.07) is 0. The number of carboxylic acid groups (broad SMARTS) is 1. The lowest BCUT2D eigenvalue weighted by atomic mass is 10.5. The molecule has 0 bridgehead atoms. The number of carbonyl (C=O) groups is 1. The van der Waals surface area contributed by atoms with Crippen molar-refractivity contribution >= 4 is 5.97 Å². The van der Waals surface area contributed by atoms with Crippen LogP contribution in [0.1, 0.15) is 20.3 Å². The number of hydrogen-bond donors (Lipinski definition) is 1. The number of rotatable bonds is 1. The Kier molecular flexibility index (Phi) is 27.4. The minimum absolute atomic E-state index is 0. The summed E-state index contributed by atoms with van der Waals surface area (Å²) in [4.78, 5) is 9.37. The Morgan fingerprint density at radius 2 is 1.89 bits per heavy atom. The largest absolute Gasteiger partial charge is 0.481 e. The van der Waals surface area contributed by atoms with Gasteiger partial charge in [0.05, 0.1) is 0 Å². The van der Waals surface area contributed by atoms with Gasteiger partial charge in [-0.25, -0.2) is 0 Å². The second-order valence-corrected chi connectivity index (χ2v) is 1.16. The molecule has 9 heavy (non-hydrogen) atoms. The summed E-state index contributed by atoms with van der Waals surface area (Å²) in [6.07, 6.45) is 1.97. The van der Waals surface area contributed by atoms with Crippen molar-refractivity contribution in [1.82, 2.24) is 0 Å². The van der Waals surface area contributed by atoms with Crippen LogP contribution in [0.2, 0.25) is 0 Å². The molecule has 0 saturated carbocycles. The van der Waals surface area contributed by atoms with Crippen molar-refractivity contribution in [3.8, 4) is 0 Å². The van der Waals surface area contributed by atoms with E-state index >= 15 is 0 Å². The van der Waals surface area contributed by atoms with E-state index in [0.717, 1.165) is 0 Å². The van der Waals surface area contributed by atoms with E-state index in [9.17, 15) is 4.79 Å². The number of carboxylic acids is 1. The monoisotopic (exact) mass is 134 g/mol. The first-order chi connectivity index (χ1) is 3.68. The highest BCUT2D eigenvalue weighted by Gasteiger charge is 1.80. The summed E-state index contributed by atoms with van der Waals surface area (Å²) < 4.78 is 0. The van der Waals surface area contributed by atoms with Crippen molar-refractivity contribution in [3.05, 3.63) is 12.7 Å². The summed E-state index contributed by atoms with van der Waals surface area (Å²) in [7, 11) is 0. The average molecular weight is 134 g/mol. The van der Waals surface area contributed by atoms with Gasteiger partial charge in [0.1, 0.15) is 0 Å². The topological polar surface area (TPSA) is 68.8 Å². The number of aliphatic carboxylic acids is 1. The highest BCUT2D eigenvalue weighted by atomic mass is 16.4. The molecule has 0 unspecified atom stereocenters. The minimum Gasteiger partial charge on any atom is -0.481 e. The average Bonchev–Trinajstić information content (AvgIpc) is 1.69. The SMILES string of the molecule is C=CC.CCC(=O)O.O. The van der Waals surface area contributed by atoms with Crippen molar-refractivity contribution in [2.45, 2.75) is 20.3 Å². The van der Waals surface area contributed by atoms with E-state index in [1.54, 1.807) is 13.0 Å². The first-order valence-electron chi connectivity index (χ1n) is 2.47. The zero-order chi connectivity index (χ0) is 6.99. The molecule has 3 N–H and O–H groups in total. The van der Waals surface area contributed by atoms with E-state index in [1.165, 1.54) is 0 Å². The Hall–Kier alpha value is -0.830. The third-order valence-corrected chi connectivity index (χ3v) is 0.302. The van der Waals surface area contributed by atoms with Crippen LogP contribution in [-0.2, 0) is 4.79 Å². The Morgan fingerprint density at radius 3 is 1.89 bits per heavy atom. The smallest absolute Gasteiger partial charge is 0.303 e. The van der Waals surface area contributed by atoms with Crippen LogP contribution in [0.4, 0.5) is 0 Å². The van der Waals surface area contributed by atoms with Gasteiger partial charge < -0.3 is 10.6 Å². The highest BCUT2D eigenvalue weighted by Crippen LogP contribution is 1.67. The minimum atomic E-state index is -0.745. The molecule has 0 saturated heterocycles. The maximum atomic E-state index is 9.37. The summed E-state index contributed by atoms with van der Waals surface area (Å²) in [5.74, 6) is -0.745. The van der Waals surface area contributed by atoms with Crippen molar-refractivity contribution in [3.63, 3.8) is 0 Å². The normalized spacial score (nSPS) is 5.56. The van der Waals surface area contributed by atoms with Gasteiger partial charge in [-0.15, -0.1) is 6.58 Å². The van der Waals surface area contributed by atoms with Crippen LogP contribution in [0, 0.1) is 0 Å². The predicted molar refractivity (Wildman–Crippen MR) is 37.4 cm³/mol. The predicted octanol–water partition coefficient (Wildman–Crippen LogP) is 0.849. The molecule has 0 aliphatic rings. The second kappa shape index (κ2) is 15.7. The van der Waals surface area contributed by atoms with Crippen LogP contribution in [0.3, 0.4) is 0 Å². The molecule has 0 aromatic carbocycles. The quantitative estimate of drug-likeness (QED) is 0.540.